The Morgan fingerprint density at radius 3 is 2.31 bits per heavy atom. The molecule has 11 heteroatoms. The molecule has 0 radical (unpaired) electrons. The lowest BCUT2D eigenvalue weighted by Gasteiger charge is -2.26. The van der Waals surface area contributed by atoms with Crippen LogP contribution in [0, 0.1) is 0 Å². The number of ether oxygens (including phenoxy) is 2. The average Bonchev–Trinajstić information content (AvgIpc) is 2.96. The number of rotatable bonds is 5. The van der Waals surface area contributed by atoms with E-state index in [4.69, 9.17) is 9.47 Å². The number of hydrogen-bond donors (Lipinski definition) is 0. The van der Waals surface area contributed by atoms with E-state index in [1.807, 2.05) is 0 Å². The monoisotopic (exact) mass is 396 g/mol. The number of carbonyl (C=O) groups excluding carboxylic acids is 2. The number of esters is 1. The molecule has 1 fully saturated rings. The van der Waals surface area contributed by atoms with Gasteiger partial charge in [0, 0.05) is 12.8 Å². The molecule has 1 atom stereocenters. The lowest BCUT2D eigenvalue weighted by molar-refractivity contribution is -0.148. The number of halogens is 3. The Hall–Kier alpha value is -2.30. The molecule has 7 nitrogen and oxygen atoms in total. The van der Waals surface area contributed by atoms with Crippen LogP contribution < -0.4 is 8.92 Å². The Morgan fingerprint density at radius 2 is 1.85 bits per heavy atom. The van der Waals surface area contributed by atoms with Crippen LogP contribution in [0.4, 0.5) is 13.2 Å². The van der Waals surface area contributed by atoms with E-state index in [1.165, 1.54) is 6.07 Å². The van der Waals surface area contributed by atoms with Crippen molar-refractivity contribution in [2.75, 3.05) is 14.2 Å². The van der Waals surface area contributed by atoms with E-state index in [1.54, 1.807) is 0 Å². The third-order valence-electron chi connectivity index (χ3n) is 4.10. The number of hydrogen-bond acceptors (Lipinski definition) is 7. The van der Waals surface area contributed by atoms with Gasteiger partial charge in [-0.3, -0.25) is 9.59 Å². The first-order chi connectivity index (χ1) is 12.0. The molecular weight excluding hydrogens is 381 g/mol. The fourth-order valence-electron chi connectivity index (χ4n) is 2.80. The van der Waals surface area contributed by atoms with Gasteiger partial charge in [0.2, 0.25) is 0 Å². The van der Waals surface area contributed by atoms with Gasteiger partial charge in [-0.2, -0.15) is 21.6 Å². The van der Waals surface area contributed by atoms with Crippen molar-refractivity contribution < 1.29 is 44.8 Å². The van der Waals surface area contributed by atoms with Crippen LogP contribution in [0.25, 0.3) is 0 Å². The number of methoxy groups -OCH3 is 2. The third-order valence-corrected chi connectivity index (χ3v) is 5.07. The Labute approximate surface area is 147 Å². The van der Waals surface area contributed by atoms with Gasteiger partial charge in [0.15, 0.2) is 11.5 Å². The van der Waals surface area contributed by atoms with Gasteiger partial charge in [-0.25, -0.2) is 0 Å². The minimum atomic E-state index is -5.89. The molecule has 2 rings (SSSR count). The minimum Gasteiger partial charge on any atom is -0.493 e. The summed E-state index contributed by atoms with van der Waals surface area (Å²) in [7, 11) is -3.64. The van der Waals surface area contributed by atoms with E-state index in [-0.39, 0.29) is 36.4 Å². The van der Waals surface area contributed by atoms with Gasteiger partial charge < -0.3 is 13.7 Å². The van der Waals surface area contributed by atoms with Gasteiger partial charge in [-0.15, -0.1) is 0 Å². The van der Waals surface area contributed by atoms with Gasteiger partial charge in [0.05, 0.1) is 14.2 Å². The number of carbonyl (C=O) groups is 2. The molecule has 144 valence electrons. The standard InChI is InChI=1S/C15H15F3O7S/c1-23-12-7-9(14(13(20)24-2)6-5-10(19)8-14)3-4-11(12)25-26(21,22)15(16,17)18/h3-4,7H,5-6,8H2,1-2H3. The van der Waals surface area contributed by atoms with E-state index < -0.39 is 32.8 Å². The van der Waals surface area contributed by atoms with E-state index in [0.29, 0.717) is 0 Å². The predicted octanol–water partition coefficient (Wildman–Crippen LogP) is 2.09. The van der Waals surface area contributed by atoms with Crippen molar-refractivity contribution in [3.8, 4) is 11.5 Å². The van der Waals surface area contributed by atoms with Crippen LogP contribution in [0.5, 0.6) is 11.5 Å². The molecule has 0 amide bonds. The summed E-state index contributed by atoms with van der Waals surface area (Å²) >= 11 is 0. The summed E-state index contributed by atoms with van der Waals surface area (Å²) in [6, 6.07) is 3.31. The molecule has 26 heavy (non-hydrogen) atoms. The molecule has 1 aliphatic carbocycles. The van der Waals surface area contributed by atoms with Crippen LogP contribution in [0.1, 0.15) is 24.8 Å². The molecule has 0 aromatic heterocycles. The lowest BCUT2D eigenvalue weighted by atomic mass is 9.78. The summed E-state index contributed by atoms with van der Waals surface area (Å²) in [5, 5.41) is 0. The van der Waals surface area contributed by atoms with Crippen molar-refractivity contribution in [1.29, 1.82) is 0 Å². The zero-order valence-electron chi connectivity index (χ0n) is 13.8. The van der Waals surface area contributed by atoms with E-state index in [0.717, 1.165) is 26.4 Å². The molecular formula is C15H15F3O7S. The van der Waals surface area contributed by atoms with Crippen LogP contribution >= 0.6 is 0 Å². The Balaban J connectivity index is 2.48. The third kappa shape index (κ3) is 3.48. The van der Waals surface area contributed by atoms with Crippen molar-refractivity contribution in [3.63, 3.8) is 0 Å². The number of ketones is 1. The minimum absolute atomic E-state index is 0.135. The molecule has 1 saturated carbocycles. The molecule has 1 aromatic carbocycles. The van der Waals surface area contributed by atoms with Crippen molar-refractivity contribution >= 4 is 21.9 Å². The second-order valence-electron chi connectivity index (χ2n) is 5.64. The molecule has 0 saturated heterocycles. The largest absolute Gasteiger partial charge is 0.534 e. The van der Waals surface area contributed by atoms with Gasteiger partial charge in [0.25, 0.3) is 0 Å². The van der Waals surface area contributed by atoms with Crippen molar-refractivity contribution in [2.24, 2.45) is 0 Å². The molecule has 1 aromatic rings. The number of Topliss-reactive ketones (excluding diaryl/α,β-unsaturated/α-hetero) is 1. The highest BCUT2D eigenvalue weighted by atomic mass is 32.2. The summed E-state index contributed by atoms with van der Waals surface area (Å²) in [6.45, 7) is 0. The molecule has 1 aliphatic rings. The maximum absolute atomic E-state index is 12.5. The maximum Gasteiger partial charge on any atom is 0.534 e. The summed E-state index contributed by atoms with van der Waals surface area (Å²) < 4.78 is 73.5. The first-order valence-electron chi connectivity index (χ1n) is 7.26. The van der Waals surface area contributed by atoms with Gasteiger partial charge in [-0.05, 0) is 24.1 Å². The highest BCUT2D eigenvalue weighted by molar-refractivity contribution is 7.88. The summed E-state index contributed by atoms with van der Waals surface area (Å²) in [5.74, 6) is -1.88. The van der Waals surface area contributed by atoms with Crippen molar-refractivity contribution in [2.45, 2.75) is 30.2 Å². The van der Waals surface area contributed by atoms with Crippen LogP contribution in [-0.2, 0) is 29.9 Å². The predicted molar refractivity (Wildman–Crippen MR) is 81.1 cm³/mol. The SMILES string of the molecule is COC(=O)C1(c2ccc(OS(=O)(=O)C(F)(F)F)c(OC)c2)CCC(=O)C1. The Bertz CT molecular complexity index is 832. The highest BCUT2D eigenvalue weighted by Gasteiger charge is 2.50. The fraction of sp³-hybridized carbons (Fsp3) is 0.467. The second-order valence-corrected chi connectivity index (χ2v) is 7.18. The smallest absolute Gasteiger partial charge is 0.493 e. The Kier molecular flexibility index (Phi) is 5.22. The molecule has 0 spiro atoms. The van der Waals surface area contributed by atoms with E-state index in [9.17, 15) is 31.2 Å². The molecule has 0 N–H and O–H groups in total. The molecule has 0 heterocycles. The molecule has 0 bridgehead atoms. The van der Waals surface area contributed by atoms with E-state index >= 15 is 0 Å². The van der Waals surface area contributed by atoms with Crippen LogP contribution in [-0.4, -0.2) is 39.9 Å². The zero-order chi connectivity index (χ0) is 19.8. The average molecular weight is 396 g/mol. The normalized spacial score (nSPS) is 20.7. The van der Waals surface area contributed by atoms with Gasteiger partial charge in [-0.1, -0.05) is 6.07 Å². The van der Waals surface area contributed by atoms with Crippen molar-refractivity contribution in [3.05, 3.63) is 23.8 Å². The van der Waals surface area contributed by atoms with Crippen LogP contribution in [0.3, 0.4) is 0 Å². The van der Waals surface area contributed by atoms with Gasteiger partial charge >= 0.3 is 21.6 Å². The highest BCUT2D eigenvalue weighted by Crippen LogP contribution is 2.44. The fourth-order valence-corrected chi connectivity index (χ4v) is 3.27. The lowest BCUT2D eigenvalue weighted by Crippen LogP contribution is -2.34. The number of alkyl halides is 3. The van der Waals surface area contributed by atoms with Gasteiger partial charge in [0.1, 0.15) is 11.2 Å². The van der Waals surface area contributed by atoms with Crippen LogP contribution in [0.15, 0.2) is 18.2 Å². The van der Waals surface area contributed by atoms with E-state index in [2.05, 4.69) is 4.18 Å². The summed E-state index contributed by atoms with van der Waals surface area (Å²) in [6.07, 6.45) is 0.157. The summed E-state index contributed by atoms with van der Waals surface area (Å²) in [5.41, 5.74) is -6.66. The molecule has 1 unspecified atom stereocenters. The second kappa shape index (κ2) is 6.78. The van der Waals surface area contributed by atoms with Crippen LogP contribution in [0.2, 0.25) is 0 Å². The topological polar surface area (TPSA) is 96.0 Å². The number of benzene rings is 1. The summed E-state index contributed by atoms with van der Waals surface area (Å²) in [4.78, 5) is 23.9. The zero-order valence-corrected chi connectivity index (χ0v) is 14.6. The van der Waals surface area contributed by atoms with Crippen molar-refractivity contribution in [1.82, 2.24) is 0 Å². The molecule has 0 aliphatic heterocycles. The first kappa shape index (κ1) is 20.0. The Morgan fingerprint density at radius 1 is 1.19 bits per heavy atom. The quantitative estimate of drug-likeness (QED) is 0.427. The first-order valence-corrected chi connectivity index (χ1v) is 8.67. The maximum atomic E-state index is 12.5.